The van der Waals surface area contributed by atoms with Crippen LogP contribution in [-0.4, -0.2) is 61.0 Å². The van der Waals surface area contributed by atoms with Gasteiger partial charge in [0.2, 0.25) is 5.91 Å². The van der Waals surface area contributed by atoms with E-state index >= 15 is 0 Å². The van der Waals surface area contributed by atoms with Crippen molar-refractivity contribution in [2.24, 2.45) is 11.8 Å². The smallest absolute Gasteiger partial charge is 0.309 e. The van der Waals surface area contributed by atoms with E-state index in [-0.39, 0.29) is 17.8 Å². The van der Waals surface area contributed by atoms with E-state index in [1.807, 2.05) is 18.9 Å². The third-order valence-corrected chi connectivity index (χ3v) is 4.85. The Bertz CT molecular complexity index is 374. The lowest BCUT2D eigenvalue weighted by atomic mass is 9.97. The van der Waals surface area contributed by atoms with Gasteiger partial charge in [0.1, 0.15) is 0 Å². The first-order valence-corrected chi connectivity index (χ1v) is 8.17. The molecule has 5 heteroatoms. The average molecular weight is 296 g/mol. The molecule has 120 valence electrons. The highest BCUT2D eigenvalue weighted by atomic mass is 16.5. The Morgan fingerprint density at radius 3 is 2.38 bits per heavy atom. The molecule has 1 heterocycles. The van der Waals surface area contributed by atoms with Gasteiger partial charge in [-0.25, -0.2) is 0 Å². The molecule has 2 fully saturated rings. The van der Waals surface area contributed by atoms with Gasteiger partial charge in [0.25, 0.3) is 0 Å². The minimum absolute atomic E-state index is 0.0304. The number of ether oxygens (including phenoxy) is 1. The molecule has 0 aromatic rings. The maximum atomic E-state index is 12.3. The first kappa shape index (κ1) is 16.3. The molecule has 1 atom stereocenters. The highest BCUT2D eigenvalue weighted by Gasteiger charge is 2.33. The molecule has 1 amide bonds. The molecule has 0 aromatic heterocycles. The SMILES string of the molecule is CCOC(=O)C1CCN(C(=O)CN(C)C(C)C2CC2)CC1. The highest BCUT2D eigenvalue weighted by molar-refractivity contribution is 5.79. The van der Waals surface area contributed by atoms with E-state index in [1.54, 1.807) is 0 Å². The van der Waals surface area contributed by atoms with Gasteiger partial charge in [-0.3, -0.25) is 14.5 Å². The number of amides is 1. The Balaban J connectivity index is 1.73. The van der Waals surface area contributed by atoms with Crippen LogP contribution in [-0.2, 0) is 14.3 Å². The van der Waals surface area contributed by atoms with Gasteiger partial charge < -0.3 is 9.64 Å². The number of hydrogen-bond acceptors (Lipinski definition) is 4. The summed E-state index contributed by atoms with van der Waals surface area (Å²) >= 11 is 0. The number of rotatable bonds is 6. The maximum absolute atomic E-state index is 12.3. The summed E-state index contributed by atoms with van der Waals surface area (Å²) in [6, 6.07) is 0.492. The van der Waals surface area contributed by atoms with E-state index in [0.717, 1.165) is 18.8 Å². The zero-order valence-corrected chi connectivity index (χ0v) is 13.5. The molecule has 0 spiro atoms. The van der Waals surface area contributed by atoms with Crippen LogP contribution in [0.4, 0.5) is 0 Å². The molecule has 1 saturated heterocycles. The summed E-state index contributed by atoms with van der Waals surface area (Å²) in [5.74, 6) is 0.825. The second-order valence-corrected chi connectivity index (χ2v) is 6.40. The van der Waals surface area contributed by atoms with Crippen molar-refractivity contribution in [3.05, 3.63) is 0 Å². The number of esters is 1. The van der Waals surface area contributed by atoms with Crippen molar-refractivity contribution in [3.63, 3.8) is 0 Å². The van der Waals surface area contributed by atoms with Crippen LogP contribution in [0.2, 0.25) is 0 Å². The molecule has 1 aliphatic carbocycles. The van der Waals surface area contributed by atoms with Crippen LogP contribution in [0.25, 0.3) is 0 Å². The van der Waals surface area contributed by atoms with Gasteiger partial charge in [0, 0.05) is 19.1 Å². The first-order chi connectivity index (χ1) is 10.0. The van der Waals surface area contributed by atoms with Gasteiger partial charge in [-0.15, -0.1) is 0 Å². The van der Waals surface area contributed by atoms with Crippen LogP contribution in [0.15, 0.2) is 0 Å². The fraction of sp³-hybridized carbons (Fsp3) is 0.875. The van der Waals surface area contributed by atoms with Crippen molar-refractivity contribution >= 4 is 11.9 Å². The average Bonchev–Trinajstić information content (AvgIpc) is 3.31. The largest absolute Gasteiger partial charge is 0.466 e. The van der Waals surface area contributed by atoms with Crippen molar-refractivity contribution in [2.75, 3.05) is 33.3 Å². The number of nitrogens with zero attached hydrogens (tertiary/aromatic N) is 2. The molecule has 0 bridgehead atoms. The quantitative estimate of drug-likeness (QED) is 0.697. The van der Waals surface area contributed by atoms with Crippen LogP contribution in [0, 0.1) is 11.8 Å². The van der Waals surface area contributed by atoms with Crippen molar-refractivity contribution in [1.29, 1.82) is 0 Å². The zero-order chi connectivity index (χ0) is 15.4. The predicted octanol–water partition coefficient (Wildman–Crippen LogP) is 1.52. The van der Waals surface area contributed by atoms with Gasteiger partial charge >= 0.3 is 5.97 Å². The van der Waals surface area contributed by atoms with Gasteiger partial charge in [0.05, 0.1) is 19.1 Å². The molecule has 2 aliphatic rings. The molecule has 0 radical (unpaired) electrons. The summed E-state index contributed by atoms with van der Waals surface area (Å²) in [6.07, 6.45) is 4.05. The van der Waals surface area contributed by atoms with Crippen molar-refractivity contribution < 1.29 is 14.3 Å². The minimum Gasteiger partial charge on any atom is -0.466 e. The Kier molecular flexibility index (Phi) is 5.62. The second kappa shape index (κ2) is 7.25. The summed E-state index contributed by atoms with van der Waals surface area (Å²) in [4.78, 5) is 28.1. The lowest BCUT2D eigenvalue weighted by Gasteiger charge is -2.33. The van der Waals surface area contributed by atoms with Gasteiger partial charge in [0.15, 0.2) is 0 Å². The number of hydrogen-bond donors (Lipinski definition) is 0. The lowest BCUT2D eigenvalue weighted by molar-refractivity contribution is -0.151. The van der Waals surface area contributed by atoms with E-state index in [9.17, 15) is 9.59 Å². The molecule has 1 aliphatic heterocycles. The Hall–Kier alpha value is -1.10. The number of carbonyl (C=O) groups excluding carboxylic acids is 2. The number of piperidine rings is 1. The van der Waals surface area contributed by atoms with Crippen LogP contribution >= 0.6 is 0 Å². The maximum Gasteiger partial charge on any atom is 0.309 e. The van der Waals surface area contributed by atoms with Gasteiger partial charge in [-0.05, 0) is 52.5 Å². The summed E-state index contributed by atoms with van der Waals surface area (Å²) < 4.78 is 5.06. The Labute approximate surface area is 127 Å². The fourth-order valence-electron chi connectivity index (χ4n) is 3.02. The monoisotopic (exact) mass is 296 g/mol. The van der Waals surface area contributed by atoms with Crippen LogP contribution in [0.1, 0.15) is 39.5 Å². The number of likely N-dealkylation sites (tertiary alicyclic amines) is 1. The summed E-state index contributed by atoms with van der Waals surface area (Å²) in [5, 5.41) is 0. The summed E-state index contributed by atoms with van der Waals surface area (Å²) in [6.45, 7) is 6.30. The van der Waals surface area contributed by atoms with E-state index < -0.39 is 0 Å². The molecule has 2 rings (SSSR count). The fourth-order valence-corrected chi connectivity index (χ4v) is 3.02. The minimum atomic E-state index is -0.107. The van der Waals surface area contributed by atoms with Crippen LogP contribution in [0.5, 0.6) is 0 Å². The molecule has 1 unspecified atom stereocenters. The van der Waals surface area contributed by atoms with Crippen molar-refractivity contribution in [3.8, 4) is 0 Å². The van der Waals surface area contributed by atoms with E-state index in [4.69, 9.17) is 4.74 Å². The molecule has 0 aromatic carbocycles. The zero-order valence-electron chi connectivity index (χ0n) is 13.5. The van der Waals surface area contributed by atoms with E-state index in [1.165, 1.54) is 12.8 Å². The van der Waals surface area contributed by atoms with Crippen LogP contribution in [0.3, 0.4) is 0 Å². The third-order valence-electron chi connectivity index (χ3n) is 4.85. The topological polar surface area (TPSA) is 49.9 Å². The van der Waals surface area contributed by atoms with E-state index in [0.29, 0.717) is 32.3 Å². The molecule has 21 heavy (non-hydrogen) atoms. The second-order valence-electron chi connectivity index (χ2n) is 6.40. The molecule has 0 N–H and O–H groups in total. The van der Waals surface area contributed by atoms with E-state index in [2.05, 4.69) is 11.8 Å². The summed E-state index contributed by atoms with van der Waals surface area (Å²) in [7, 11) is 2.03. The Morgan fingerprint density at radius 1 is 1.24 bits per heavy atom. The third kappa shape index (κ3) is 4.43. The molecule has 1 saturated carbocycles. The number of likely N-dealkylation sites (N-methyl/N-ethyl adjacent to an activating group) is 1. The standard InChI is InChI=1S/C16H28N2O3/c1-4-21-16(20)14-7-9-18(10-8-14)15(19)11-17(3)12(2)13-5-6-13/h12-14H,4-11H2,1-3H3. The lowest BCUT2D eigenvalue weighted by Crippen LogP contribution is -2.46. The number of carbonyl (C=O) groups is 2. The Morgan fingerprint density at radius 2 is 1.86 bits per heavy atom. The predicted molar refractivity (Wildman–Crippen MR) is 80.8 cm³/mol. The highest BCUT2D eigenvalue weighted by Crippen LogP contribution is 2.34. The molecule has 5 nitrogen and oxygen atoms in total. The summed E-state index contributed by atoms with van der Waals surface area (Å²) in [5.41, 5.74) is 0. The van der Waals surface area contributed by atoms with Crippen molar-refractivity contribution in [1.82, 2.24) is 9.80 Å². The van der Waals surface area contributed by atoms with Crippen molar-refractivity contribution in [2.45, 2.75) is 45.6 Å². The van der Waals surface area contributed by atoms with Crippen LogP contribution < -0.4 is 0 Å². The molecular weight excluding hydrogens is 268 g/mol. The first-order valence-electron chi connectivity index (χ1n) is 8.17. The molecular formula is C16H28N2O3. The normalized spacial score (nSPS) is 21.4. The van der Waals surface area contributed by atoms with Gasteiger partial charge in [-0.2, -0.15) is 0 Å². The van der Waals surface area contributed by atoms with Gasteiger partial charge in [-0.1, -0.05) is 0 Å².